The normalized spacial score (nSPS) is 25.7. The molecule has 1 aromatic heterocycles. The fraction of sp³-hybridized carbons (Fsp3) is 0.250. The van der Waals surface area contributed by atoms with Gasteiger partial charge >= 0.3 is 0 Å². The standard InChI is InChI=1S/C52H44N2S/c1-2-11-36-29-43-37(28-35(36)10-1)30-48(45-31-44(43)45)54(47-20-8-22-50-51(47)42-15-3-4-21-49(42)55-50)46-19-7-17-40-38(16-6-18-41(40)46)32-12-5-13-33-23-24-34-14-9-27-53-52(34)39(33)26-25-32/h1-3,5-7,9-11,13-15,17-20,23-25,27-30,38,42,44-45,49H,4,8,12,16,21-22,26,31H2. The predicted octanol–water partition coefficient (Wildman–Crippen LogP) is 13.5. The minimum absolute atomic E-state index is 0.347. The van der Waals surface area contributed by atoms with E-state index in [2.05, 4.69) is 144 Å². The quantitative estimate of drug-likeness (QED) is 0.171. The summed E-state index contributed by atoms with van der Waals surface area (Å²) in [5.41, 5.74) is 17.0. The van der Waals surface area contributed by atoms with Gasteiger partial charge in [0.2, 0.25) is 0 Å². The molecule has 7 aliphatic rings. The van der Waals surface area contributed by atoms with Crippen LogP contribution in [0.2, 0.25) is 0 Å². The maximum Gasteiger partial charge on any atom is 0.0743 e. The molecule has 2 heterocycles. The first-order chi connectivity index (χ1) is 27.3. The molecule has 0 spiro atoms. The fourth-order valence-corrected chi connectivity index (χ4v) is 12.5. The number of pyridine rings is 1. The van der Waals surface area contributed by atoms with E-state index in [0.29, 0.717) is 28.9 Å². The number of aromatic nitrogens is 1. The summed E-state index contributed by atoms with van der Waals surface area (Å²) in [6, 6.07) is 29.8. The first-order valence-electron chi connectivity index (χ1n) is 20.6. The van der Waals surface area contributed by atoms with Crippen LogP contribution in [0.1, 0.15) is 90.2 Å². The molecule has 4 aromatic carbocycles. The number of anilines is 1. The molecule has 5 atom stereocenters. The van der Waals surface area contributed by atoms with Crippen molar-refractivity contribution < 1.29 is 0 Å². The molecule has 1 saturated carbocycles. The van der Waals surface area contributed by atoms with Crippen LogP contribution in [0.5, 0.6) is 0 Å². The summed E-state index contributed by atoms with van der Waals surface area (Å²) in [7, 11) is 0. The number of rotatable bonds is 4. The van der Waals surface area contributed by atoms with Crippen molar-refractivity contribution >= 4 is 57.4 Å². The van der Waals surface area contributed by atoms with Crippen molar-refractivity contribution in [1.82, 2.24) is 4.98 Å². The van der Waals surface area contributed by atoms with Gasteiger partial charge in [0, 0.05) is 51.5 Å². The van der Waals surface area contributed by atoms with Crippen molar-refractivity contribution in [3.05, 3.63) is 182 Å². The van der Waals surface area contributed by atoms with Gasteiger partial charge in [-0.15, -0.1) is 11.8 Å². The molecule has 0 radical (unpaired) electrons. The molecule has 6 aliphatic carbocycles. The zero-order valence-electron chi connectivity index (χ0n) is 31.1. The summed E-state index contributed by atoms with van der Waals surface area (Å²) in [5, 5.41) is 4.59. The van der Waals surface area contributed by atoms with Gasteiger partial charge in [-0.05, 0) is 131 Å². The number of benzene rings is 4. The third kappa shape index (κ3) is 5.19. The summed E-state index contributed by atoms with van der Waals surface area (Å²) in [5.74, 6) is 1.97. The maximum atomic E-state index is 4.85. The van der Waals surface area contributed by atoms with Crippen LogP contribution in [0.3, 0.4) is 0 Å². The second-order valence-corrected chi connectivity index (χ2v) is 17.9. The SMILES string of the molecule is C1=CC2C3=C(CCC=C3N(C3=Cc4cc5ccccc5cc4C4CC34)c3cccc4c3C=CCC4C3=CCc4c(ccc5cccnc45)C=CC3)SC2CC1. The first-order valence-corrected chi connectivity index (χ1v) is 21.5. The highest BCUT2D eigenvalue weighted by Crippen LogP contribution is 2.61. The van der Waals surface area contributed by atoms with E-state index in [4.69, 9.17) is 4.98 Å². The Morgan fingerprint density at radius 1 is 0.745 bits per heavy atom. The second kappa shape index (κ2) is 12.7. The van der Waals surface area contributed by atoms with E-state index >= 15 is 0 Å². The molecular weight excluding hydrogens is 685 g/mol. The van der Waals surface area contributed by atoms with E-state index in [1.807, 2.05) is 12.3 Å². The minimum Gasteiger partial charge on any atom is -0.313 e. The summed E-state index contributed by atoms with van der Waals surface area (Å²) >= 11 is 2.20. The van der Waals surface area contributed by atoms with Crippen LogP contribution >= 0.6 is 11.8 Å². The highest BCUT2D eigenvalue weighted by atomic mass is 32.2. The zero-order chi connectivity index (χ0) is 36.0. The Morgan fingerprint density at radius 2 is 1.67 bits per heavy atom. The second-order valence-electron chi connectivity index (χ2n) is 16.6. The summed E-state index contributed by atoms with van der Waals surface area (Å²) in [6.45, 7) is 0. The largest absolute Gasteiger partial charge is 0.313 e. The van der Waals surface area contributed by atoms with Crippen molar-refractivity contribution in [3.63, 3.8) is 0 Å². The third-order valence-electron chi connectivity index (χ3n) is 13.6. The molecule has 0 bridgehead atoms. The first kappa shape index (κ1) is 32.2. The Hall–Kier alpha value is -5.12. The third-order valence-corrected chi connectivity index (χ3v) is 15.1. The summed E-state index contributed by atoms with van der Waals surface area (Å²) < 4.78 is 0. The summed E-state index contributed by atoms with van der Waals surface area (Å²) in [4.78, 5) is 9.28. The Bertz CT molecular complexity index is 2680. The Labute approximate surface area is 328 Å². The van der Waals surface area contributed by atoms with E-state index in [9.17, 15) is 0 Å². The van der Waals surface area contributed by atoms with Gasteiger partial charge in [-0.2, -0.15) is 0 Å². The van der Waals surface area contributed by atoms with Crippen molar-refractivity contribution in [1.29, 1.82) is 0 Å². The average molecular weight is 729 g/mol. The smallest absolute Gasteiger partial charge is 0.0743 e. The minimum atomic E-state index is 0.347. The van der Waals surface area contributed by atoms with Crippen LogP contribution in [0, 0.1) is 11.8 Å². The monoisotopic (exact) mass is 728 g/mol. The van der Waals surface area contributed by atoms with Crippen molar-refractivity contribution in [2.75, 3.05) is 4.90 Å². The lowest BCUT2D eigenvalue weighted by Gasteiger charge is -2.38. The van der Waals surface area contributed by atoms with Crippen LogP contribution in [0.15, 0.2) is 149 Å². The van der Waals surface area contributed by atoms with Gasteiger partial charge in [0.25, 0.3) is 0 Å². The molecule has 2 nitrogen and oxygen atoms in total. The fourth-order valence-electron chi connectivity index (χ4n) is 10.9. The van der Waals surface area contributed by atoms with Crippen LogP contribution < -0.4 is 4.90 Å². The molecule has 1 aliphatic heterocycles. The number of hydrogen-bond donors (Lipinski definition) is 0. The number of nitrogens with zero attached hydrogens (tertiary/aromatic N) is 2. The molecule has 5 aromatic rings. The van der Waals surface area contributed by atoms with Crippen LogP contribution in [0.25, 0.3) is 39.9 Å². The molecule has 55 heavy (non-hydrogen) atoms. The molecule has 3 heteroatoms. The highest BCUT2D eigenvalue weighted by Gasteiger charge is 2.49. The molecule has 12 rings (SSSR count). The lowest BCUT2D eigenvalue weighted by atomic mass is 9.78. The van der Waals surface area contributed by atoms with Gasteiger partial charge in [-0.1, -0.05) is 115 Å². The Balaban J connectivity index is 1.00. The van der Waals surface area contributed by atoms with E-state index in [-0.39, 0.29) is 0 Å². The van der Waals surface area contributed by atoms with Crippen molar-refractivity contribution in [2.45, 2.75) is 68.5 Å². The Kier molecular flexibility index (Phi) is 7.43. The van der Waals surface area contributed by atoms with Crippen LogP contribution in [-0.2, 0) is 6.42 Å². The molecule has 5 unspecified atom stereocenters. The van der Waals surface area contributed by atoms with Gasteiger partial charge in [-0.3, -0.25) is 4.98 Å². The van der Waals surface area contributed by atoms with Crippen molar-refractivity contribution in [2.24, 2.45) is 11.8 Å². The van der Waals surface area contributed by atoms with Gasteiger partial charge < -0.3 is 4.90 Å². The van der Waals surface area contributed by atoms with E-state index in [1.54, 1.807) is 16.0 Å². The summed E-state index contributed by atoms with van der Waals surface area (Å²) in [6.07, 6.45) is 33.3. The number of thioether (sulfide) groups is 1. The molecule has 0 saturated heterocycles. The van der Waals surface area contributed by atoms with Gasteiger partial charge in [0.15, 0.2) is 0 Å². The number of hydrogen-bond acceptors (Lipinski definition) is 3. The Morgan fingerprint density at radius 3 is 2.64 bits per heavy atom. The van der Waals surface area contributed by atoms with Gasteiger partial charge in [0.1, 0.15) is 0 Å². The van der Waals surface area contributed by atoms with E-state index in [0.717, 1.165) is 31.2 Å². The van der Waals surface area contributed by atoms with Crippen molar-refractivity contribution in [3.8, 4) is 0 Å². The highest BCUT2D eigenvalue weighted by molar-refractivity contribution is 8.04. The predicted molar refractivity (Wildman–Crippen MR) is 233 cm³/mol. The van der Waals surface area contributed by atoms with E-state index in [1.165, 1.54) is 92.3 Å². The average Bonchev–Trinajstić information content (AvgIpc) is 3.94. The molecule has 268 valence electrons. The van der Waals surface area contributed by atoms with Crippen LogP contribution in [-0.4, -0.2) is 10.2 Å². The van der Waals surface area contributed by atoms with Gasteiger partial charge in [-0.25, -0.2) is 0 Å². The lowest BCUT2D eigenvalue weighted by Crippen LogP contribution is -2.30. The molecule has 1 fully saturated rings. The number of fused-ring (bicyclic) bond motifs is 10. The molecule has 0 N–H and O–H groups in total. The maximum absolute atomic E-state index is 4.85. The zero-order valence-corrected chi connectivity index (χ0v) is 31.9. The van der Waals surface area contributed by atoms with Crippen LogP contribution in [0.4, 0.5) is 5.69 Å². The topological polar surface area (TPSA) is 16.1 Å². The molecular formula is C52H44N2S. The van der Waals surface area contributed by atoms with E-state index < -0.39 is 0 Å². The number of allylic oxidation sites excluding steroid dienone is 10. The van der Waals surface area contributed by atoms with Gasteiger partial charge in [0.05, 0.1) is 11.2 Å². The molecule has 0 amide bonds. The lowest BCUT2D eigenvalue weighted by molar-refractivity contribution is 0.631.